The van der Waals surface area contributed by atoms with Gasteiger partial charge < -0.3 is 10.2 Å². The van der Waals surface area contributed by atoms with Crippen LogP contribution >= 0.6 is 0 Å². The van der Waals surface area contributed by atoms with Crippen LogP contribution in [0.1, 0.15) is 33.1 Å². The summed E-state index contributed by atoms with van der Waals surface area (Å²) >= 11 is 0. The Kier molecular flexibility index (Phi) is 4.74. The molecule has 0 aromatic rings. The zero-order chi connectivity index (χ0) is 9.68. The van der Waals surface area contributed by atoms with Gasteiger partial charge in [0, 0.05) is 12.6 Å². The molecule has 1 saturated carbocycles. The van der Waals surface area contributed by atoms with E-state index in [-0.39, 0.29) is 0 Å². The molecule has 0 aromatic heterocycles. The lowest BCUT2D eigenvalue weighted by Gasteiger charge is -2.23. The quantitative estimate of drug-likeness (QED) is 0.606. The van der Waals surface area contributed by atoms with Crippen molar-refractivity contribution in [1.82, 2.24) is 10.2 Å². The molecule has 2 nitrogen and oxygen atoms in total. The van der Waals surface area contributed by atoms with Crippen LogP contribution in [0.4, 0.5) is 0 Å². The number of hydrogen-bond acceptors (Lipinski definition) is 2. The fraction of sp³-hybridized carbons (Fsp3) is 1.00. The van der Waals surface area contributed by atoms with Crippen LogP contribution in [-0.4, -0.2) is 37.6 Å². The Morgan fingerprint density at radius 1 is 1.38 bits per heavy atom. The van der Waals surface area contributed by atoms with Gasteiger partial charge in [-0.25, -0.2) is 0 Å². The highest BCUT2D eigenvalue weighted by molar-refractivity contribution is 4.84. The number of nitrogens with zero attached hydrogens (tertiary/aromatic N) is 1. The molecule has 13 heavy (non-hydrogen) atoms. The van der Waals surface area contributed by atoms with Gasteiger partial charge in [-0.05, 0) is 45.3 Å². The third-order valence-electron chi connectivity index (χ3n) is 2.54. The Bertz CT molecular complexity index is 130. The minimum Gasteiger partial charge on any atom is -0.320 e. The van der Waals surface area contributed by atoms with E-state index in [2.05, 4.69) is 24.1 Å². The summed E-state index contributed by atoms with van der Waals surface area (Å²) in [6, 6.07) is 0.930. The Morgan fingerprint density at radius 3 is 2.54 bits per heavy atom. The monoisotopic (exact) mass is 184 g/mol. The third kappa shape index (κ3) is 4.63. The zero-order valence-corrected chi connectivity index (χ0v) is 9.34. The lowest BCUT2D eigenvalue weighted by molar-refractivity contribution is 0.231. The van der Waals surface area contributed by atoms with Crippen molar-refractivity contribution >= 4 is 0 Å². The summed E-state index contributed by atoms with van der Waals surface area (Å²) in [5.41, 5.74) is 0. The molecule has 0 amide bonds. The second-order valence-electron chi connectivity index (χ2n) is 4.58. The second-order valence-corrected chi connectivity index (χ2v) is 4.58. The van der Waals surface area contributed by atoms with E-state index < -0.39 is 0 Å². The number of nitrogens with one attached hydrogen (secondary N) is 1. The topological polar surface area (TPSA) is 15.3 Å². The maximum absolute atomic E-state index is 3.21. The predicted molar refractivity (Wildman–Crippen MR) is 58.0 cm³/mol. The molecule has 0 aromatic carbocycles. The van der Waals surface area contributed by atoms with E-state index in [1.54, 1.807) is 0 Å². The molecule has 1 rings (SSSR count). The van der Waals surface area contributed by atoms with Crippen molar-refractivity contribution in [1.29, 1.82) is 0 Å². The summed E-state index contributed by atoms with van der Waals surface area (Å²) in [6.07, 6.45) is 4.16. The third-order valence-corrected chi connectivity index (χ3v) is 2.54. The molecule has 1 aliphatic carbocycles. The molecule has 0 bridgehead atoms. The first kappa shape index (κ1) is 11.0. The molecule has 0 saturated heterocycles. The molecule has 0 aliphatic heterocycles. The molecule has 0 heterocycles. The van der Waals surface area contributed by atoms with Gasteiger partial charge in [0.25, 0.3) is 0 Å². The summed E-state index contributed by atoms with van der Waals surface area (Å²) in [4.78, 5) is 2.67. The van der Waals surface area contributed by atoms with E-state index >= 15 is 0 Å². The Balaban J connectivity index is 2.13. The van der Waals surface area contributed by atoms with E-state index in [9.17, 15) is 0 Å². The van der Waals surface area contributed by atoms with Gasteiger partial charge in [-0.1, -0.05) is 13.8 Å². The van der Waals surface area contributed by atoms with Crippen LogP contribution in [0.2, 0.25) is 0 Å². The van der Waals surface area contributed by atoms with Crippen LogP contribution in [0.25, 0.3) is 0 Å². The van der Waals surface area contributed by atoms with Crippen LogP contribution in [0.3, 0.4) is 0 Å². The van der Waals surface area contributed by atoms with Crippen molar-refractivity contribution in [3.05, 3.63) is 0 Å². The van der Waals surface area contributed by atoms with Gasteiger partial charge in [0.15, 0.2) is 0 Å². The molecule has 0 unspecified atom stereocenters. The van der Waals surface area contributed by atoms with Gasteiger partial charge in [0.05, 0.1) is 0 Å². The van der Waals surface area contributed by atoms with E-state index in [1.165, 1.54) is 32.4 Å². The average molecular weight is 184 g/mol. The molecular weight excluding hydrogens is 160 g/mol. The van der Waals surface area contributed by atoms with E-state index in [0.29, 0.717) is 0 Å². The van der Waals surface area contributed by atoms with Crippen molar-refractivity contribution in [3.63, 3.8) is 0 Å². The minimum absolute atomic E-state index is 0.815. The first-order chi connectivity index (χ1) is 6.24. The highest BCUT2D eigenvalue weighted by Crippen LogP contribution is 2.27. The molecule has 1 aliphatic rings. The fourth-order valence-electron chi connectivity index (χ4n) is 1.79. The van der Waals surface area contributed by atoms with Crippen molar-refractivity contribution in [3.8, 4) is 0 Å². The van der Waals surface area contributed by atoms with Crippen LogP contribution in [-0.2, 0) is 0 Å². The first-order valence-corrected chi connectivity index (χ1v) is 5.62. The number of rotatable bonds is 7. The smallest absolute Gasteiger partial charge is 0.00965 e. The molecule has 0 spiro atoms. The molecule has 1 N–H and O–H groups in total. The van der Waals surface area contributed by atoms with E-state index in [4.69, 9.17) is 0 Å². The molecule has 0 radical (unpaired) electrons. The maximum atomic E-state index is 3.21. The summed E-state index contributed by atoms with van der Waals surface area (Å²) in [5, 5.41) is 3.21. The van der Waals surface area contributed by atoms with Gasteiger partial charge in [-0.2, -0.15) is 0 Å². The largest absolute Gasteiger partial charge is 0.320 e. The lowest BCUT2D eigenvalue weighted by Crippen LogP contribution is -2.32. The Morgan fingerprint density at radius 2 is 2.08 bits per heavy atom. The molecular formula is C11H24N2. The standard InChI is InChI=1S/C11H24N2/c1-10(2)9-13(11-5-6-11)8-4-7-12-3/h10-12H,4-9H2,1-3H3. The summed E-state index contributed by atoms with van der Waals surface area (Å²) in [7, 11) is 2.03. The second kappa shape index (κ2) is 5.61. The van der Waals surface area contributed by atoms with Gasteiger partial charge in [-0.3, -0.25) is 0 Å². The zero-order valence-electron chi connectivity index (χ0n) is 9.34. The van der Waals surface area contributed by atoms with E-state index in [1.807, 2.05) is 7.05 Å². The van der Waals surface area contributed by atoms with Crippen LogP contribution < -0.4 is 5.32 Å². The molecule has 1 fully saturated rings. The maximum Gasteiger partial charge on any atom is 0.00965 e. The predicted octanol–water partition coefficient (Wildman–Crippen LogP) is 1.72. The van der Waals surface area contributed by atoms with E-state index in [0.717, 1.165) is 18.5 Å². The molecule has 0 atom stereocenters. The van der Waals surface area contributed by atoms with Crippen molar-refractivity contribution in [2.75, 3.05) is 26.7 Å². The first-order valence-electron chi connectivity index (χ1n) is 5.62. The summed E-state index contributed by atoms with van der Waals surface area (Å²) < 4.78 is 0. The van der Waals surface area contributed by atoms with Crippen molar-refractivity contribution in [2.45, 2.75) is 39.2 Å². The van der Waals surface area contributed by atoms with Crippen LogP contribution in [0, 0.1) is 5.92 Å². The molecule has 2 heteroatoms. The summed E-state index contributed by atoms with van der Waals surface area (Å²) in [5.74, 6) is 0.815. The van der Waals surface area contributed by atoms with Crippen LogP contribution in [0.5, 0.6) is 0 Å². The highest BCUT2D eigenvalue weighted by Gasteiger charge is 2.28. The van der Waals surface area contributed by atoms with Crippen LogP contribution in [0.15, 0.2) is 0 Å². The highest BCUT2D eigenvalue weighted by atomic mass is 15.2. The van der Waals surface area contributed by atoms with Crippen molar-refractivity contribution < 1.29 is 0 Å². The van der Waals surface area contributed by atoms with Gasteiger partial charge in [0.1, 0.15) is 0 Å². The Hall–Kier alpha value is -0.0800. The average Bonchev–Trinajstić information content (AvgIpc) is 2.84. The van der Waals surface area contributed by atoms with Gasteiger partial charge >= 0.3 is 0 Å². The molecule has 78 valence electrons. The minimum atomic E-state index is 0.815. The fourth-order valence-corrected chi connectivity index (χ4v) is 1.79. The lowest BCUT2D eigenvalue weighted by atomic mass is 10.2. The number of hydrogen-bond donors (Lipinski definition) is 1. The Labute approximate surface area is 82.7 Å². The normalized spacial score (nSPS) is 17.3. The SMILES string of the molecule is CNCCCN(CC(C)C)C1CC1. The van der Waals surface area contributed by atoms with Gasteiger partial charge in [-0.15, -0.1) is 0 Å². The van der Waals surface area contributed by atoms with Gasteiger partial charge in [0.2, 0.25) is 0 Å². The summed E-state index contributed by atoms with van der Waals surface area (Å²) in [6.45, 7) is 8.35. The van der Waals surface area contributed by atoms with Crippen molar-refractivity contribution in [2.24, 2.45) is 5.92 Å².